The summed E-state index contributed by atoms with van der Waals surface area (Å²) in [7, 11) is 0. The molecule has 1 aromatic carbocycles. The smallest absolute Gasteiger partial charge is 0.229 e. The largest absolute Gasteiger partial charge is 0.508 e. The Bertz CT molecular complexity index is 1470. The van der Waals surface area contributed by atoms with E-state index in [1.807, 2.05) is 6.07 Å². The Hall–Kier alpha value is -4.34. The SMILES string of the molecule is C[C@H]1CN(c2ccncc2Nc2ncc3ccc(-c4c(F)cc(O)cc4F)nn23)C[C@@H](N)[C@H]1OCCC#N. The number of nitrogens with zero attached hydrogens (tertiary/aromatic N) is 6. The number of phenols is 1. The number of hydrogen-bond donors (Lipinski definition) is 3. The van der Waals surface area contributed by atoms with E-state index in [4.69, 9.17) is 15.7 Å². The Balaban J connectivity index is 1.42. The van der Waals surface area contributed by atoms with Crippen LogP contribution < -0.4 is 16.0 Å². The average Bonchev–Trinajstić information content (AvgIpc) is 3.27. The predicted octanol–water partition coefficient (Wildman–Crippen LogP) is 3.60. The van der Waals surface area contributed by atoms with Crippen LogP contribution in [0.2, 0.25) is 0 Å². The maximum Gasteiger partial charge on any atom is 0.229 e. The molecule has 0 saturated carbocycles. The van der Waals surface area contributed by atoms with Crippen molar-refractivity contribution in [1.29, 1.82) is 5.26 Å². The van der Waals surface area contributed by atoms with Gasteiger partial charge in [-0.1, -0.05) is 6.92 Å². The molecule has 0 unspecified atom stereocenters. The van der Waals surface area contributed by atoms with Crippen LogP contribution >= 0.6 is 0 Å². The number of nitrogens with one attached hydrogen (secondary N) is 1. The number of nitrogens with two attached hydrogens (primary N) is 1. The van der Waals surface area contributed by atoms with Crippen molar-refractivity contribution in [2.45, 2.75) is 25.5 Å². The normalized spacial score (nSPS) is 19.4. The van der Waals surface area contributed by atoms with Crippen molar-refractivity contribution in [3.8, 4) is 23.1 Å². The van der Waals surface area contributed by atoms with E-state index in [9.17, 15) is 13.9 Å². The fourth-order valence-electron chi connectivity index (χ4n) is 4.82. The summed E-state index contributed by atoms with van der Waals surface area (Å²) in [4.78, 5) is 10.8. The zero-order chi connectivity index (χ0) is 26.8. The third-order valence-corrected chi connectivity index (χ3v) is 6.50. The monoisotopic (exact) mass is 520 g/mol. The van der Waals surface area contributed by atoms with Crippen LogP contribution in [0.4, 0.5) is 26.1 Å². The maximum absolute atomic E-state index is 14.5. The minimum absolute atomic E-state index is 0.0400. The van der Waals surface area contributed by atoms with Crippen LogP contribution in [0.3, 0.4) is 0 Å². The predicted molar refractivity (Wildman–Crippen MR) is 137 cm³/mol. The van der Waals surface area contributed by atoms with Crippen LogP contribution in [0, 0.1) is 28.9 Å². The number of halogens is 2. The molecule has 0 aliphatic carbocycles. The first kappa shape index (κ1) is 25.3. The highest BCUT2D eigenvalue weighted by molar-refractivity contribution is 5.74. The van der Waals surface area contributed by atoms with Gasteiger partial charge < -0.3 is 25.8 Å². The number of aromatic nitrogens is 4. The van der Waals surface area contributed by atoms with Crippen molar-refractivity contribution in [3.05, 3.63) is 60.6 Å². The van der Waals surface area contributed by atoms with Gasteiger partial charge in [0.15, 0.2) is 0 Å². The number of rotatable bonds is 7. The molecule has 0 bridgehead atoms. The standard InChI is InChI=1S/C26H26F2N8O2/c1-15-13-35(14-20(30)25(15)38-8-2-6-29)23-5-7-31-12-22(23)33-26-32-11-16-3-4-21(34-36(16)26)24-18(27)9-17(37)10-19(24)28/h3-5,7,9-12,15,20,25,37H,2,8,13-14,30H2,1H3,(H,32,33)/t15-,20+,25-/m0/s1. The fourth-order valence-corrected chi connectivity index (χ4v) is 4.82. The summed E-state index contributed by atoms with van der Waals surface area (Å²) in [6, 6.07) is 8.50. The Morgan fingerprint density at radius 3 is 2.74 bits per heavy atom. The first-order valence-electron chi connectivity index (χ1n) is 12.1. The molecule has 4 N–H and O–H groups in total. The van der Waals surface area contributed by atoms with Gasteiger partial charge in [-0.05, 0) is 18.2 Å². The van der Waals surface area contributed by atoms with E-state index in [0.29, 0.717) is 43.3 Å². The molecule has 4 heterocycles. The van der Waals surface area contributed by atoms with E-state index < -0.39 is 17.4 Å². The fraction of sp³-hybridized carbons (Fsp3) is 0.308. The zero-order valence-corrected chi connectivity index (χ0v) is 20.6. The van der Waals surface area contributed by atoms with E-state index in [-0.39, 0.29) is 29.3 Å². The van der Waals surface area contributed by atoms with Crippen LogP contribution in [0.5, 0.6) is 5.75 Å². The van der Waals surface area contributed by atoms with Gasteiger partial charge in [-0.2, -0.15) is 14.9 Å². The molecule has 1 aliphatic heterocycles. The van der Waals surface area contributed by atoms with Crippen molar-refractivity contribution in [3.63, 3.8) is 0 Å². The number of piperidine rings is 1. The first-order valence-corrected chi connectivity index (χ1v) is 12.1. The molecule has 3 atom stereocenters. The molecule has 0 spiro atoms. The van der Waals surface area contributed by atoms with Gasteiger partial charge in [0, 0.05) is 43.4 Å². The highest BCUT2D eigenvalue weighted by Crippen LogP contribution is 2.33. The highest BCUT2D eigenvalue weighted by atomic mass is 19.1. The minimum atomic E-state index is -0.927. The quantitative estimate of drug-likeness (QED) is 0.312. The molecule has 5 rings (SSSR count). The topological polar surface area (TPSA) is 138 Å². The van der Waals surface area contributed by atoms with Crippen LogP contribution in [0.1, 0.15) is 13.3 Å². The lowest BCUT2D eigenvalue weighted by molar-refractivity contribution is -0.00331. The van der Waals surface area contributed by atoms with Gasteiger partial charge in [0.05, 0.1) is 65.7 Å². The second kappa shape index (κ2) is 10.6. The summed E-state index contributed by atoms with van der Waals surface area (Å²) in [5, 5.41) is 25.9. The molecule has 38 heavy (non-hydrogen) atoms. The molecule has 1 fully saturated rings. The molecule has 3 aromatic heterocycles. The van der Waals surface area contributed by atoms with Crippen LogP contribution in [-0.4, -0.2) is 56.5 Å². The van der Waals surface area contributed by atoms with Crippen LogP contribution in [0.15, 0.2) is 48.9 Å². The first-order chi connectivity index (χ1) is 18.4. The third kappa shape index (κ3) is 4.93. The molecule has 0 amide bonds. The number of fused-ring (bicyclic) bond motifs is 1. The molecule has 10 nitrogen and oxygen atoms in total. The Labute approximate surface area is 217 Å². The number of anilines is 3. The lowest BCUT2D eigenvalue weighted by Gasteiger charge is -2.42. The summed E-state index contributed by atoms with van der Waals surface area (Å²) in [5.41, 5.74) is 8.25. The Morgan fingerprint density at radius 1 is 1.21 bits per heavy atom. The minimum Gasteiger partial charge on any atom is -0.508 e. The molecule has 12 heteroatoms. The maximum atomic E-state index is 14.5. The van der Waals surface area contributed by atoms with E-state index in [0.717, 1.165) is 17.8 Å². The van der Waals surface area contributed by atoms with Gasteiger partial charge in [-0.15, -0.1) is 0 Å². The zero-order valence-electron chi connectivity index (χ0n) is 20.6. The number of hydrogen-bond acceptors (Lipinski definition) is 9. The van der Waals surface area contributed by atoms with Gasteiger partial charge in [-0.25, -0.2) is 13.8 Å². The van der Waals surface area contributed by atoms with Crippen molar-refractivity contribution < 1.29 is 18.6 Å². The number of imidazole rings is 1. The van der Waals surface area contributed by atoms with Crippen molar-refractivity contribution >= 4 is 22.8 Å². The number of ether oxygens (including phenoxy) is 1. The highest BCUT2D eigenvalue weighted by Gasteiger charge is 2.34. The third-order valence-electron chi connectivity index (χ3n) is 6.50. The van der Waals surface area contributed by atoms with Gasteiger partial charge in [0.25, 0.3) is 0 Å². The summed E-state index contributed by atoms with van der Waals surface area (Å²) in [6.45, 7) is 3.62. The number of aromatic hydroxyl groups is 1. The van der Waals surface area contributed by atoms with Gasteiger partial charge in [0.1, 0.15) is 17.4 Å². The van der Waals surface area contributed by atoms with Crippen molar-refractivity contribution in [2.75, 3.05) is 29.9 Å². The molecule has 1 saturated heterocycles. The number of pyridine rings is 1. The summed E-state index contributed by atoms with van der Waals surface area (Å²) in [6.07, 6.45) is 5.09. The van der Waals surface area contributed by atoms with Crippen molar-refractivity contribution in [2.24, 2.45) is 11.7 Å². The van der Waals surface area contributed by atoms with Crippen LogP contribution in [-0.2, 0) is 4.74 Å². The molecule has 4 aromatic rings. The van der Waals surface area contributed by atoms with Gasteiger partial charge in [-0.3, -0.25) is 4.98 Å². The number of benzene rings is 1. The molecular formula is C26H26F2N8O2. The van der Waals surface area contributed by atoms with E-state index in [1.165, 1.54) is 10.6 Å². The summed E-state index contributed by atoms with van der Waals surface area (Å²) >= 11 is 0. The van der Waals surface area contributed by atoms with E-state index in [1.54, 1.807) is 24.7 Å². The second-order valence-electron chi connectivity index (χ2n) is 9.23. The summed E-state index contributed by atoms with van der Waals surface area (Å²) in [5.74, 6) is -1.92. The molecule has 0 radical (unpaired) electrons. The summed E-state index contributed by atoms with van der Waals surface area (Å²) < 4.78 is 36.3. The molecular weight excluding hydrogens is 494 g/mol. The molecule has 1 aliphatic rings. The Morgan fingerprint density at radius 2 is 2.00 bits per heavy atom. The van der Waals surface area contributed by atoms with Crippen LogP contribution in [0.25, 0.3) is 16.8 Å². The van der Waals surface area contributed by atoms with Gasteiger partial charge in [0.2, 0.25) is 5.95 Å². The van der Waals surface area contributed by atoms with E-state index in [2.05, 4.69) is 38.3 Å². The average molecular weight is 521 g/mol. The lowest BCUT2D eigenvalue weighted by atomic mass is 9.92. The number of nitriles is 1. The van der Waals surface area contributed by atoms with Crippen molar-refractivity contribution in [1.82, 2.24) is 19.6 Å². The second-order valence-corrected chi connectivity index (χ2v) is 9.23. The van der Waals surface area contributed by atoms with E-state index >= 15 is 0 Å². The lowest BCUT2D eigenvalue weighted by Crippen LogP contribution is -2.56. The van der Waals surface area contributed by atoms with Gasteiger partial charge >= 0.3 is 0 Å². The molecule has 196 valence electrons. The Kier molecular flexibility index (Phi) is 7.04. The number of phenolic OH excluding ortho intramolecular Hbond substituents is 1.